The van der Waals surface area contributed by atoms with Crippen LogP contribution in [0, 0.1) is 11.8 Å². The summed E-state index contributed by atoms with van der Waals surface area (Å²) in [4.78, 5) is 20.3. The molecule has 2 heterocycles. The molecule has 0 atom stereocenters. The molecular formula is C17H21N3OS2. The Morgan fingerprint density at radius 2 is 2.09 bits per heavy atom. The molecule has 0 unspecified atom stereocenters. The van der Waals surface area contributed by atoms with Gasteiger partial charge in [-0.1, -0.05) is 32.6 Å². The average molecular weight is 348 g/mol. The van der Waals surface area contributed by atoms with E-state index in [1.165, 1.54) is 22.7 Å². The van der Waals surface area contributed by atoms with Crippen molar-refractivity contribution in [2.75, 3.05) is 26.0 Å². The molecule has 2 aromatic rings. The molecule has 23 heavy (non-hydrogen) atoms. The molecule has 4 nitrogen and oxygen atoms in total. The van der Waals surface area contributed by atoms with Gasteiger partial charge >= 0.3 is 0 Å². The Labute approximate surface area is 145 Å². The number of thiazole rings is 1. The number of thiophene rings is 1. The quantitative estimate of drug-likeness (QED) is 0.862. The van der Waals surface area contributed by atoms with E-state index in [0.29, 0.717) is 16.6 Å². The van der Waals surface area contributed by atoms with Crippen LogP contribution < -0.4 is 5.32 Å². The Hall–Kier alpha value is -1.68. The van der Waals surface area contributed by atoms with Crippen molar-refractivity contribution < 1.29 is 4.79 Å². The number of nitrogens with zero attached hydrogens (tertiary/aromatic N) is 2. The Morgan fingerprint density at radius 3 is 2.70 bits per heavy atom. The minimum absolute atomic E-state index is 0.0163. The molecule has 2 rings (SSSR count). The van der Waals surface area contributed by atoms with Gasteiger partial charge in [0.1, 0.15) is 0 Å². The molecule has 2 aromatic heterocycles. The van der Waals surface area contributed by atoms with Crippen LogP contribution in [0.15, 0.2) is 17.5 Å². The SMILES string of the molecule is CN(C)CC#Cc1ccc(C(=O)Nc2nc(C(C)(C)C)cs2)s1. The number of aromatic nitrogens is 1. The monoisotopic (exact) mass is 347 g/mol. The van der Waals surface area contributed by atoms with Gasteiger partial charge in [0.2, 0.25) is 0 Å². The molecule has 0 aliphatic carbocycles. The molecule has 1 amide bonds. The Bertz CT molecular complexity index is 742. The number of amides is 1. The summed E-state index contributed by atoms with van der Waals surface area (Å²) >= 11 is 2.85. The number of carbonyl (C=O) groups excluding carboxylic acids is 1. The van der Waals surface area contributed by atoms with Crippen molar-refractivity contribution in [2.45, 2.75) is 26.2 Å². The van der Waals surface area contributed by atoms with Crippen molar-refractivity contribution in [1.29, 1.82) is 0 Å². The molecule has 0 radical (unpaired) electrons. The maximum absolute atomic E-state index is 12.3. The molecule has 0 aliphatic rings. The summed E-state index contributed by atoms with van der Waals surface area (Å²) in [5, 5.41) is 5.48. The summed E-state index contributed by atoms with van der Waals surface area (Å²) < 4.78 is 0. The average Bonchev–Trinajstić information content (AvgIpc) is 3.06. The predicted molar refractivity (Wildman–Crippen MR) is 98.5 cm³/mol. The van der Waals surface area contributed by atoms with Crippen LogP contribution in [-0.2, 0) is 5.41 Å². The molecule has 0 aliphatic heterocycles. The van der Waals surface area contributed by atoms with Gasteiger partial charge in [0, 0.05) is 10.8 Å². The highest BCUT2D eigenvalue weighted by Crippen LogP contribution is 2.27. The minimum atomic E-state index is -0.134. The number of rotatable bonds is 3. The molecule has 0 aromatic carbocycles. The number of anilines is 1. The Kier molecular flexibility index (Phi) is 5.58. The van der Waals surface area contributed by atoms with Crippen LogP contribution in [0.3, 0.4) is 0 Å². The van der Waals surface area contributed by atoms with Crippen LogP contribution in [0.4, 0.5) is 5.13 Å². The second-order valence-electron chi connectivity index (χ2n) is 6.45. The number of carbonyl (C=O) groups is 1. The fourth-order valence-corrected chi connectivity index (χ4v) is 3.35. The number of hydrogen-bond donors (Lipinski definition) is 1. The van der Waals surface area contributed by atoms with Crippen molar-refractivity contribution in [3.63, 3.8) is 0 Å². The summed E-state index contributed by atoms with van der Waals surface area (Å²) in [6.45, 7) is 7.01. The third kappa shape index (κ3) is 5.17. The van der Waals surface area contributed by atoms with E-state index in [0.717, 1.165) is 10.6 Å². The van der Waals surface area contributed by atoms with Gasteiger partial charge in [0.15, 0.2) is 5.13 Å². The van der Waals surface area contributed by atoms with Crippen LogP contribution in [-0.4, -0.2) is 36.4 Å². The zero-order chi connectivity index (χ0) is 17.0. The smallest absolute Gasteiger partial charge is 0.267 e. The maximum Gasteiger partial charge on any atom is 0.267 e. The molecule has 0 bridgehead atoms. The highest BCUT2D eigenvalue weighted by atomic mass is 32.1. The lowest BCUT2D eigenvalue weighted by molar-refractivity contribution is 0.103. The predicted octanol–water partition coefficient (Wildman–Crippen LogP) is 3.67. The van der Waals surface area contributed by atoms with Gasteiger partial charge < -0.3 is 0 Å². The lowest BCUT2D eigenvalue weighted by Gasteiger charge is -2.14. The van der Waals surface area contributed by atoms with Gasteiger partial charge in [-0.05, 0) is 26.2 Å². The third-order valence-electron chi connectivity index (χ3n) is 2.93. The normalized spacial score (nSPS) is 11.2. The minimum Gasteiger partial charge on any atom is -0.299 e. The number of nitrogens with one attached hydrogen (secondary N) is 1. The molecule has 1 N–H and O–H groups in total. The van der Waals surface area contributed by atoms with Crippen molar-refractivity contribution in [3.8, 4) is 11.8 Å². The van der Waals surface area contributed by atoms with Crippen LogP contribution >= 0.6 is 22.7 Å². The summed E-state index contributed by atoms with van der Waals surface area (Å²) in [6.07, 6.45) is 0. The first kappa shape index (κ1) is 17.7. The van der Waals surface area contributed by atoms with Crippen LogP contribution in [0.5, 0.6) is 0 Å². The van der Waals surface area contributed by atoms with Crippen molar-refractivity contribution in [2.24, 2.45) is 0 Å². The largest absolute Gasteiger partial charge is 0.299 e. The first-order chi connectivity index (χ1) is 10.8. The van der Waals surface area contributed by atoms with Crippen LogP contribution in [0.1, 0.15) is 41.0 Å². The lowest BCUT2D eigenvalue weighted by Crippen LogP contribution is -2.13. The van der Waals surface area contributed by atoms with E-state index in [9.17, 15) is 4.79 Å². The van der Waals surface area contributed by atoms with E-state index in [-0.39, 0.29) is 11.3 Å². The van der Waals surface area contributed by atoms with E-state index >= 15 is 0 Å². The Morgan fingerprint density at radius 1 is 1.35 bits per heavy atom. The molecule has 122 valence electrons. The lowest BCUT2D eigenvalue weighted by atomic mass is 9.93. The molecule has 6 heteroatoms. The summed E-state index contributed by atoms with van der Waals surface area (Å²) in [5.41, 5.74) is 0.969. The van der Waals surface area contributed by atoms with E-state index in [1.807, 2.05) is 30.4 Å². The van der Waals surface area contributed by atoms with Crippen molar-refractivity contribution >= 4 is 33.7 Å². The summed E-state index contributed by atoms with van der Waals surface area (Å²) in [7, 11) is 3.95. The zero-order valence-electron chi connectivity index (χ0n) is 14.1. The Balaban J connectivity index is 2.02. The molecule has 0 spiro atoms. The first-order valence-electron chi connectivity index (χ1n) is 7.26. The third-order valence-corrected chi connectivity index (χ3v) is 4.69. The van der Waals surface area contributed by atoms with Gasteiger partial charge in [-0.2, -0.15) is 0 Å². The van der Waals surface area contributed by atoms with Crippen LogP contribution in [0.2, 0.25) is 0 Å². The fourth-order valence-electron chi connectivity index (χ4n) is 1.65. The molecular weight excluding hydrogens is 326 g/mol. The van der Waals surface area contributed by atoms with Gasteiger partial charge in [-0.3, -0.25) is 15.0 Å². The van der Waals surface area contributed by atoms with E-state index in [2.05, 4.69) is 42.9 Å². The molecule has 0 saturated heterocycles. The topological polar surface area (TPSA) is 45.2 Å². The number of hydrogen-bond acceptors (Lipinski definition) is 5. The second-order valence-corrected chi connectivity index (χ2v) is 8.39. The highest BCUT2D eigenvalue weighted by Gasteiger charge is 2.18. The van der Waals surface area contributed by atoms with Crippen LogP contribution in [0.25, 0.3) is 0 Å². The van der Waals surface area contributed by atoms with Gasteiger partial charge in [-0.15, -0.1) is 22.7 Å². The van der Waals surface area contributed by atoms with Gasteiger partial charge in [-0.25, -0.2) is 4.98 Å². The molecule has 0 fully saturated rings. The highest BCUT2D eigenvalue weighted by molar-refractivity contribution is 7.15. The maximum atomic E-state index is 12.3. The first-order valence-corrected chi connectivity index (χ1v) is 8.96. The van der Waals surface area contributed by atoms with Gasteiger partial charge in [0.25, 0.3) is 5.91 Å². The second kappa shape index (κ2) is 7.26. The fraction of sp³-hybridized carbons (Fsp3) is 0.412. The van der Waals surface area contributed by atoms with E-state index in [4.69, 9.17) is 0 Å². The summed E-state index contributed by atoms with van der Waals surface area (Å²) in [6, 6.07) is 3.68. The van der Waals surface area contributed by atoms with E-state index in [1.54, 1.807) is 6.07 Å². The zero-order valence-corrected chi connectivity index (χ0v) is 15.7. The summed E-state index contributed by atoms with van der Waals surface area (Å²) in [5.74, 6) is 6.01. The van der Waals surface area contributed by atoms with Crippen molar-refractivity contribution in [3.05, 3.63) is 33.0 Å². The van der Waals surface area contributed by atoms with E-state index < -0.39 is 0 Å². The van der Waals surface area contributed by atoms with Gasteiger partial charge in [0.05, 0.1) is 22.0 Å². The van der Waals surface area contributed by atoms with Crippen molar-refractivity contribution in [1.82, 2.24) is 9.88 Å². The standard InChI is InChI=1S/C17H21N3OS2/c1-17(2,3)14-11-22-16(18-14)19-15(21)13-9-8-12(23-13)7-6-10-20(4)5/h8-9,11H,10H2,1-5H3,(H,18,19,21). The molecule has 0 saturated carbocycles.